The zero-order chi connectivity index (χ0) is 13.7. The highest BCUT2D eigenvalue weighted by atomic mass is 35.5. The Bertz CT molecular complexity index is 406. The Morgan fingerprint density at radius 3 is 2.22 bits per heavy atom. The summed E-state index contributed by atoms with van der Waals surface area (Å²) in [6.07, 6.45) is 1.84. The van der Waals surface area contributed by atoms with Gasteiger partial charge in [0.1, 0.15) is 0 Å². The first kappa shape index (κ1) is 15.1. The number of hydrogen-bond donors (Lipinski definition) is 1. The zero-order valence-electron chi connectivity index (χ0n) is 10.7. The molecule has 0 bridgehead atoms. The average Bonchev–Trinajstić information content (AvgIpc) is 2.34. The second kappa shape index (κ2) is 6.86. The maximum absolute atomic E-state index is 12.3. The summed E-state index contributed by atoms with van der Waals surface area (Å²) in [5.41, 5.74) is 6.54. The highest BCUT2D eigenvalue weighted by Gasteiger charge is 2.16. The average molecular weight is 289 g/mol. The molecule has 1 aromatic carbocycles. The van der Waals surface area contributed by atoms with E-state index in [-0.39, 0.29) is 5.91 Å². The topological polar surface area (TPSA) is 46.3 Å². The number of nitrogens with two attached hydrogens (primary N) is 1. The van der Waals surface area contributed by atoms with Crippen LogP contribution < -0.4 is 5.73 Å². The third-order valence-corrected chi connectivity index (χ3v) is 3.39. The number of anilines is 1. The van der Waals surface area contributed by atoms with Crippen molar-refractivity contribution < 1.29 is 4.79 Å². The lowest BCUT2D eigenvalue weighted by molar-refractivity contribution is 0.0755. The quantitative estimate of drug-likeness (QED) is 0.837. The van der Waals surface area contributed by atoms with E-state index in [0.717, 1.165) is 25.9 Å². The van der Waals surface area contributed by atoms with E-state index in [0.29, 0.717) is 21.3 Å². The third kappa shape index (κ3) is 3.53. The van der Waals surface area contributed by atoms with E-state index in [1.54, 1.807) is 17.0 Å². The van der Waals surface area contributed by atoms with Gasteiger partial charge in [0.2, 0.25) is 0 Å². The summed E-state index contributed by atoms with van der Waals surface area (Å²) in [4.78, 5) is 14.1. The van der Waals surface area contributed by atoms with Crippen LogP contribution in [0.3, 0.4) is 0 Å². The van der Waals surface area contributed by atoms with Crippen molar-refractivity contribution >= 4 is 34.8 Å². The normalized spacial score (nSPS) is 10.4. The Morgan fingerprint density at radius 1 is 1.22 bits per heavy atom. The van der Waals surface area contributed by atoms with Gasteiger partial charge in [-0.2, -0.15) is 0 Å². The summed E-state index contributed by atoms with van der Waals surface area (Å²) in [7, 11) is 0. The van der Waals surface area contributed by atoms with E-state index >= 15 is 0 Å². The summed E-state index contributed by atoms with van der Waals surface area (Å²) < 4.78 is 0. The highest BCUT2D eigenvalue weighted by molar-refractivity contribution is 6.43. The molecule has 3 nitrogen and oxygen atoms in total. The number of nitrogens with zero attached hydrogens (tertiary/aromatic N) is 1. The van der Waals surface area contributed by atoms with Crippen LogP contribution in [0.2, 0.25) is 10.0 Å². The van der Waals surface area contributed by atoms with Gasteiger partial charge in [-0.15, -0.1) is 0 Å². The predicted octanol–water partition coefficient (Wildman–Crippen LogP) is 3.84. The van der Waals surface area contributed by atoms with Gasteiger partial charge in [-0.25, -0.2) is 0 Å². The second-order valence-corrected chi connectivity index (χ2v) is 4.94. The molecule has 0 unspecified atom stereocenters. The van der Waals surface area contributed by atoms with E-state index < -0.39 is 0 Å². The highest BCUT2D eigenvalue weighted by Crippen LogP contribution is 2.29. The maximum Gasteiger partial charge on any atom is 0.253 e. The van der Waals surface area contributed by atoms with Crippen LogP contribution in [0.4, 0.5) is 5.69 Å². The molecule has 0 aliphatic carbocycles. The van der Waals surface area contributed by atoms with Gasteiger partial charge in [0.25, 0.3) is 5.91 Å². The molecule has 0 saturated heterocycles. The van der Waals surface area contributed by atoms with Gasteiger partial charge in [-0.05, 0) is 25.0 Å². The van der Waals surface area contributed by atoms with Crippen molar-refractivity contribution in [3.63, 3.8) is 0 Å². The first-order chi connectivity index (χ1) is 8.51. The number of carbonyl (C=O) groups excluding carboxylic acids is 1. The Labute approximate surface area is 118 Å². The lowest BCUT2D eigenvalue weighted by atomic mass is 10.1. The number of halogens is 2. The Kier molecular flexibility index (Phi) is 5.76. The fourth-order valence-corrected chi connectivity index (χ4v) is 2.11. The minimum Gasteiger partial charge on any atom is -0.397 e. The molecule has 1 aromatic rings. The molecule has 0 spiro atoms. The predicted molar refractivity (Wildman–Crippen MR) is 77.4 cm³/mol. The first-order valence-electron chi connectivity index (χ1n) is 6.05. The summed E-state index contributed by atoms with van der Waals surface area (Å²) >= 11 is 11.8. The summed E-state index contributed by atoms with van der Waals surface area (Å²) in [6, 6.07) is 3.15. The van der Waals surface area contributed by atoms with Crippen molar-refractivity contribution in [1.82, 2.24) is 4.90 Å². The Balaban J connectivity index is 3.01. The minimum atomic E-state index is -0.0519. The molecular weight excluding hydrogens is 271 g/mol. The number of carbonyl (C=O) groups is 1. The van der Waals surface area contributed by atoms with Crippen molar-refractivity contribution in [3.05, 3.63) is 27.7 Å². The molecule has 5 heteroatoms. The van der Waals surface area contributed by atoms with Crippen molar-refractivity contribution in [3.8, 4) is 0 Å². The number of hydrogen-bond acceptors (Lipinski definition) is 2. The summed E-state index contributed by atoms with van der Waals surface area (Å²) in [5, 5.41) is 0.610. The van der Waals surface area contributed by atoms with Crippen LogP contribution in [-0.2, 0) is 0 Å². The van der Waals surface area contributed by atoms with Gasteiger partial charge in [0, 0.05) is 18.7 Å². The van der Waals surface area contributed by atoms with Gasteiger partial charge in [0.15, 0.2) is 0 Å². The number of benzene rings is 1. The molecule has 0 aliphatic rings. The molecule has 1 rings (SSSR count). The molecule has 18 heavy (non-hydrogen) atoms. The van der Waals surface area contributed by atoms with E-state index in [4.69, 9.17) is 28.9 Å². The molecule has 2 N–H and O–H groups in total. The van der Waals surface area contributed by atoms with E-state index in [9.17, 15) is 4.79 Å². The second-order valence-electron chi connectivity index (χ2n) is 4.15. The van der Waals surface area contributed by atoms with Crippen molar-refractivity contribution in [2.45, 2.75) is 26.7 Å². The van der Waals surface area contributed by atoms with Crippen molar-refractivity contribution in [2.75, 3.05) is 18.8 Å². The summed E-state index contributed by atoms with van der Waals surface area (Å²) in [6.45, 7) is 5.54. The monoisotopic (exact) mass is 288 g/mol. The molecule has 0 heterocycles. The molecule has 0 fully saturated rings. The fourth-order valence-electron chi connectivity index (χ4n) is 1.77. The van der Waals surface area contributed by atoms with Gasteiger partial charge in [0.05, 0.1) is 15.7 Å². The van der Waals surface area contributed by atoms with Crippen LogP contribution in [0, 0.1) is 0 Å². The number of amides is 1. The molecule has 0 aliphatic heterocycles. The van der Waals surface area contributed by atoms with Gasteiger partial charge >= 0.3 is 0 Å². The van der Waals surface area contributed by atoms with Crippen LogP contribution in [0.25, 0.3) is 0 Å². The van der Waals surface area contributed by atoms with E-state index in [1.165, 1.54) is 0 Å². The zero-order valence-corrected chi connectivity index (χ0v) is 12.2. The molecule has 1 amide bonds. The Morgan fingerprint density at radius 2 is 1.78 bits per heavy atom. The smallest absolute Gasteiger partial charge is 0.253 e. The molecule has 0 saturated carbocycles. The number of rotatable bonds is 5. The van der Waals surface area contributed by atoms with Crippen LogP contribution in [0.1, 0.15) is 37.0 Å². The lowest BCUT2D eigenvalue weighted by Crippen LogP contribution is -2.32. The molecular formula is C13H18Cl2N2O. The minimum absolute atomic E-state index is 0.0519. The molecule has 0 atom stereocenters. The molecule has 0 radical (unpaired) electrons. The lowest BCUT2D eigenvalue weighted by Gasteiger charge is -2.22. The van der Waals surface area contributed by atoms with Crippen molar-refractivity contribution in [1.29, 1.82) is 0 Å². The van der Waals surface area contributed by atoms with Gasteiger partial charge < -0.3 is 10.6 Å². The fraction of sp³-hybridized carbons (Fsp3) is 0.462. The summed E-state index contributed by atoms with van der Waals surface area (Å²) in [5.74, 6) is -0.0519. The van der Waals surface area contributed by atoms with Crippen molar-refractivity contribution in [2.24, 2.45) is 0 Å². The maximum atomic E-state index is 12.3. The van der Waals surface area contributed by atoms with Crippen LogP contribution in [-0.4, -0.2) is 23.9 Å². The molecule has 100 valence electrons. The first-order valence-corrected chi connectivity index (χ1v) is 6.80. The van der Waals surface area contributed by atoms with Crippen LogP contribution >= 0.6 is 23.2 Å². The Hall–Kier alpha value is -0.930. The van der Waals surface area contributed by atoms with Gasteiger partial charge in [-0.3, -0.25) is 4.79 Å². The standard InChI is InChI=1S/C13H18Cl2N2O/c1-3-5-17(6-4-2)13(18)9-7-10(14)12(15)11(16)8-9/h7-8H,3-6,16H2,1-2H3. The largest absolute Gasteiger partial charge is 0.397 e. The van der Waals surface area contributed by atoms with Crippen LogP contribution in [0.15, 0.2) is 12.1 Å². The number of nitrogen functional groups attached to an aromatic ring is 1. The third-order valence-electron chi connectivity index (χ3n) is 2.58. The molecule has 0 aromatic heterocycles. The van der Waals surface area contributed by atoms with E-state index in [1.807, 2.05) is 13.8 Å². The SMILES string of the molecule is CCCN(CCC)C(=O)c1cc(N)c(Cl)c(Cl)c1. The van der Waals surface area contributed by atoms with E-state index in [2.05, 4.69) is 0 Å². The van der Waals surface area contributed by atoms with Gasteiger partial charge in [-0.1, -0.05) is 37.0 Å². The van der Waals surface area contributed by atoms with Crippen LogP contribution in [0.5, 0.6) is 0 Å².